The molecule has 112 valence electrons. The van der Waals surface area contributed by atoms with Crippen LogP contribution in [0.4, 0.5) is 5.95 Å². The van der Waals surface area contributed by atoms with E-state index in [1.165, 1.54) is 13.0 Å². The number of rotatable bonds is 4. The molecule has 0 spiro atoms. The van der Waals surface area contributed by atoms with Crippen molar-refractivity contribution in [2.45, 2.75) is 13.3 Å². The Morgan fingerprint density at radius 2 is 2.19 bits per heavy atom. The van der Waals surface area contributed by atoms with Crippen molar-refractivity contribution in [3.05, 3.63) is 24.2 Å². The Hall–Kier alpha value is -1.95. The Balaban J connectivity index is 1.72. The number of anilines is 1. The van der Waals surface area contributed by atoms with Crippen molar-refractivity contribution >= 4 is 5.95 Å². The van der Waals surface area contributed by atoms with Crippen LogP contribution in [0.1, 0.15) is 12.0 Å². The van der Waals surface area contributed by atoms with Crippen LogP contribution in [0.25, 0.3) is 11.3 Å². The first-order chi connectivity index (χ1) is 10.1. The molecule has 3 heterocycles. The Morgan fingerprint density at radius 1 is 1.33 bits per heavy atom. The summed E-state index contributed by atoms with van der Waals surface area (Å²) in [5.41, 5.74) is 3.04. The second-order valence-electron chi connectivity index (χ2n) is 5.93. The third-order valence-electron chi connectivity index (χ3n) is 3.99. The van der Waals surface area contributed by atoms with Gasteiger partial charge in [0.25, 0.3) is 0 Å². The summed E-state index contributed by atoms with van der Waals surface area (Å²) >= 11 is 0. The lowest BCUT2D eigenvalue weighted by Crippen LogP contribution is -2.20. The third-order valence-corrected chi connectivity index (χ3v) is 3.99. The number of aromatic nitrogens is 4. The van der Waals surface area contributed by atoms with E-state index in [9.17, 15) is 0 Å². The molecule has 6 heteroatoms. The zero-order chi connectivity index (χ0) is 14.8. The highest BCUT2D eigenvalue weighted by Crippen LogP contribution is 2.21. The van der Waals surface area contributed by atoms with Gasteiger partial charge in [-0.05, 0) is 38.4 Å². The smallest absolute Gasteiger partial charge is 0.223 e. The number of hydrogen-bond acceptors (Lipinski definition) is 5. The van der Waals surface area contributed by atoms with Gasteiger partial charge in [0.05, 0.1) is 11.9 Å². The number of aryl methyl sites for hydroxylation is 2. The van der Waals surface area contributed by atoms with Crippen molar-refractivity contribution in [1.29, 1.82) is 0 Å². The first-order valence-electron chi connectivity index (χ1n) is 7.37. The molecule has 3 rings (SSSR count). The van der Waals surface area contributed by atoms with Crippen LogP contribution in [-0.2, 0) is 7.05 Å². The third kappa shape index (κ3) is 3.21. The van der Waals surface area contributed by atoms with E-state index in [4.69, 9.17) is 0 Å². The molecule has 2 aromatic rings. The van der Waals surface area contributed by atoms with Gasteiger partial charge in [-0.15, -0.1) is 0 Å². The van der Waals surface area contributed by atoms with E-state index in [1.807, 2.05) is 32.6 Å². The standard InChI is InChI=1S/C15H22N6/c1-11-6-16-15(17-7-12-4-5-20(2)9-12)19-14(11)13-8-18-21(3)10-13/h6,8,10,12H,4-5,7,9H2,1-3H3,(H,16,17,19). The summed E-state index contributed by atoms with van der Waals surface area (Å²) in [7, 11) is 4.08. The fourth-order valence-corrected chi connectivity index (χ4v) is 2.79. The van der Waals surface area contributed by atoms with E-state index in [1.54, 1.807) is 4.68 Å². The minimum atomic E-state index is 0.682. The largest absolute Gasteiger partial charge is 0.354 e. The molecule has 1 N–H and O–H groups in total. The molecule has 0 aromatic carbocycles. The number of nitrogens with zero attached hydrogens (tertiary/aromatic N) is 5. The maximum atomic E-state index is 4.65. The van der Waals surface area contributed by atoms with Crippen molar-refractivity contribution in [1.82, 2.24) is 24.6 Å². The van der Waals surface area contributed by atoms with Crippen LogP contribution < -0.4 is 5.32 Å². The molecule has 1 aliphatic heterocycles. The predicted molar refractivity (Wildman–Crippen MR) is 83.1 cm³/mol. The van der Waals surface area contributed by atoms with Crippen molar-refractivity contribution in [3.8, 4) is 11.3 Å². The molecule has 1 saturated heterocycles. The first-order valence-corrected chi connectivity index (χ1v) is 7.37. The van der Waals surface area contributed by atoms with Gasteiger partial charge in [0.2, 0.25) is 5.95 Å². The lowest BCUT2D eigenvalue weighted by molar-refractivity contribution is 0.399. The second kappa shape index (κ2) is 5.81. The topological polar surface area (TPSA) is 58.9 Å². The quantitative estimate of drug-likeness (QED) is 0.924. The first kappa shape index (κ1) is 14.0. The molecule has 0 bridgehead atoms. The Bertz CT molecular complexity index is 620. The van der Waals surface area contributed by atoms with Gasteiger partial charge in [-0.3, -0.25) is 4.68 Å². The Morgan fingerprint density at radius 3 is 2.86 bits per heavy atom. The zero-order valence-corrected chi connectivity index (χ0v) is 12.9. The zero-order valence-electron chi connectivity index (χ0n) is 12.9. The van der Waals surface area contributed by atoms with Crippen molar-refractivity contribution in [3.63, 3.8) is 0 Å². The van der Waals surface area contributed by atoms with Gasteiger partial charge in [0.1, 0.15) is 0 Å². The van der Waals surface area contributed by atoms with Gasteiger partial charge in [-0.25, -0.2) is 9.97 Å². The Kier molecular flexibility index (Phi) is 3.88. The van der Waals surface area contributed by atoms with Crippen molar-refractivity contribution in [2.24, 2.45) is 13.0 Å². The summed E-state index contributed by atoms with van der Waals surface area (Å²) in [6.07, 6.45) is 6.93. The van der Waals surface area contributed by atoms with Crippen LogP contribution >= 0.6 is 0 Å². The van der Waals surface area contributed by atoms with E-state index in [-0.39, 0.29) is 0 Å². The lowest BCUT2D eigenvalue weighted by Gasteiger charge is -2.12. The van der Waals surface area contributed by atoms with Crippen LogP contribution in [0.3, 0.4) is 0 Å². The SMILES string of the molecule is Cc1cnc(NCC2CCN(C)C2)nc1-c1cnn(C)c1. The van der Waals surface area contributed by atoms with Crippen molar-refractivity contribution in [2.75, 3.05) is 32.0 Å². The summed E-state index contributed by atoms with van der Waals surface area (Å²) < 4.78 is 1.79. The second-order valence-corrected chi connectivity index (χ2v) is 5.93. The highest BCUT2D eigenvalue weighted by atomic mass is 15.2. The molecule has 0 amide bonds. The average molecular weight is 286 g/mol. The van der Waals surface area contributed by atoms with Crippen molar-refractivity contribution < 1.29 is 0 Å². The predicted octanol–water partition coefficient (Wildman–Crippen LogP) is 1.55. The van der Waals surface area contributed by atoms with E-state index in [2.05, 4.69) is 32.3 Å². The van der Waals surface area contributed by atoms with Gasteiger partial charge < -0.3 is 10.2 Å². The van der Waals surface area contributed by atoms with E-state index in [0.717, 1.165) is 29.9 Å². The molecule has 0 aliphatic carbocycles. The molecule has 1 unspecified atom stereocenters. The van der Waals surface area contributed by atoms with Crippen LogP contribution in [0.15, 0.2) is 18.6 Å². The lowest BCUT2D eigenvalue weighted by atomic mass is 10.1. The van der Waals surface area contributed by atoms with Gasteiger partial charge in [0, 0.05) is 38.1 Å². The van der Waals surface area contributed by atoms with E-state index in [0.29, 0.717) is 11.9 Å². The van der Waals surface area contributed by atoms with Gasteiger partial charge >= 0.3 is 0 Å². The maximum absolute atomic E-state index is 4.65. The van der Waals surface area contributed by atoms with Gasteiger partial charge in [0.15, 0.2) is 0 Å². The molecule has 1 aliphatic rings. The normalized spacial score (nSPS) is 19.1. The minimum Gasteiger partial charge on any atom is -0.354 e. The monoisotopic (exact) mass is 286 g/mol. The molecule has 1 atom stereocenters. The molecular formula is C15H22N6. The van der Waals surface area contributed by atoms with Crippen LogP contribution in [0, 0.1) is 12.8 Å². The molecule has 6 nitrogen and oxygen atoms in total. The fourth-order valence-electron chi connectivity index (χ4n) is 2.79. The molecule has 1 fully saturated rings. The fraction of sp³-hybridized carbons (Fsp3) is 0.533. The van der Waals surface area contributed by atoms with Crippen LogP contribution in [0.2, 0.25) is 0 Å². The van der Waals surface area contributed by atoms with E-state index < -0.39 is 0 Å². The highest BCUT2D eigenvalue weighted by molar-refractivity contribution is 5.62. The molecular weight excluding hydrogens is 264 g/mol. The van der Waals surface area contributed by atoms with Gasteiger partial charge in [-0.2, -0.15) is 5.10 Å². The summed E-state index contributed by atoms with van der Waals surface area (Å²) in [5.74, 6) is 1.38. The molecule has 0 radical (unpaired) electrons. The molecule has 2 aromatic heterocycles. The summed E-state index contributed by atoms with van der Waals surface area (Å²) in [6, 6.07) is 0. The summed E-state index contributed by atoms with van der Waals surface area (Å²) in [5, 5.41) is 7.59. The minimum absolute atomic E-state index is 0.682. The number of hydrogen-bond donors (Lipinski definition) is 1. The van der Waals surface area contributed by atoms with E-state index >= 15 is 0 Å². The maximum Gasteiger partial charge on any atom is 0.223 e. The Labute approximate surface area is 125 Å². The highest BCUT2D eigenvalue weighted by Gasteiger charge is 2.19. The number of nitrogens with one attached hydrogen (secondary N) is 1. The summed E-state index contributed by atoms with van der Waals surface area (Å²) in [4.78, 5) is 11.4. The summed E-state index contributed by atoms with van der Waals surface area (Å²) in [6.45, 7) is 5.29. The van der Waals surface area contributed by atoms with Crippen LogP contribution in [0.5, 0.6) is 0 Å². The molecule has 0 saturated carbocycles. The molecule has 21 heavy (non-hydrogen) atoms. The average Bonchev–Trinajstić information content (AvgIpc) is 3.07. The number of likely N-dealkylation sites (tertiary alicyclic amines) is 1. The van der Waals surface area contributed by atoms with Crippen LogP contribution in [-0.4, -0.2) is 51.3 Å². The van der Waals surface area contributed by atoms with Gasteiger partial charge in [-0.1, -0.05) is 0 Å².